The summed E-state index contributed by atoms with van der Waals surface area (Å²) in [6.45, 7) is 0. The van der Waals surface area contributed by atoms with Gasteiger partial charge in [0, 0.05) is 44.1 Å². The maximum atomic E-state index is 6.75. The van der Waals surface area contributed by atoms with E-state index in [9.17, 15) is 0 Å². The fourth-order valence-corrected chi connectivity index (χ4v) is 7.71. The van der Waals surface area contributed by atoms with E-state index in [0.717, 1.165) is 99.2 Å². The van der Waals surface area contributed by atoms with Gasteiger partial charge in [0.2, 0.25) is 0 Å². The molecule has 7 aromatic carbocycles. The quantitative estimate of drug-likeness (QED) is 0.176. The zero-order chi connectivity index (χ0) is 34.2. The first-order valence-corrected chi connectivity index (χ1v) is 17.5. The first-order valence-electron chi connectivity index (χ1n) is 17.5. The van der Waals surface area contributed by atoms with Crippen LogP contribution >= 0.6 is 0 Å². The molecule has 4 nitrogen and oxygen atoms in total. The van der Waals surface area contributed by atoms with Crippen LogP contribution in [0.25, 0.3) is 110 Å². The number of hydrogen-bond acceptors (Lipinski definition) is 4. The molecule has 242 valence electrons. The Kier molecular flexibility index (Phi) is 6.22. The van der Waals surface area contributed by atoms with E-state index in [4.69, 9.17) is 13.8 Å². The molecular weight excluding hydrogens is 637 g/mol. The number of fused-ring (bicyclic) bond motifs is 9. The van der Waals surface area contributed by atoms with E-state index in [1.54, 1.807) is 0 Å². The normalized spacial score (nSPS) is 11.8. The van der Waals surface area contributed by atoms with Crippen molar-refractivity contribution >= 4 is 65.7 Å². The zero-order valence-electron chi connectivity index (χ0n) is 27.9. The van der Waals surface area contributed by atoms with Crippen molar-refractivity contribution < 1.29 is 8.83 Å². The van der Waals surface area contributed by atoms with Crippen LogP contribution in [0.1, 0.15) is 0 Å². The number of benzene rings is 7. The van der Waals surface area contributed by atoms with Crippen molar-refractivity contribution in [1.82, 2.24) is 9.97 Å². The van der Waals surface area contributed by atoms with Crippen LogP contribution < -0.4 is 0 Å². The van der Waals surface area contributed by atoms with Gasteiger partial charge in [-0.1, -0.05) is 121 Å². The highest BCUT2D eigenvalue weighted by Crippen LogP contribution is 2.46. The molecule has 0 radical (unpaired) electrons. The summed E-state index contributed by atoms with van der Waals surface area (Å²) in [6.07, 6.45) is 1.83. The van der Waals surface area contributed by atoms with Gasteiger partial charge in [0.25, 0.3) is 0 Å². The molecule has 0 N–H and O–H groups in total. The lowest BCUT2D eigenvalue weighted by Crippen LogP contribution is -1.89. The lowest BCUT2D eigenvalue weighted by Gasteiger charge is -2.08. The van der Waals surface area contributed by atoms with Crippen LogP contribution in [0.5, 0.6) is 0 Å². The van der Waals surface area contributed by atoms with Crippen molar-refractivity contribution in [3.8, 4) is 44.6 Å². The van der Waals surface area contributed by atoms with E-state index in [1.165, 1.54) is 11.1 Å². The van der Waals surface area contributed by atoms with E-state index >= 15 is 0 Å². The smallest absolute Gasteiger partial charge is 0.147 e. The Balaban J connectivity index is 1.13. The Morgan fingerprint density at radius 3 is 1.52 bits per heavy atom. The summed E-state index contributed by atoms with van der Waals surface area (Å²) < 4.78 is 13.5. The Morgan fingerprint density at radius 2 is 0.904 bits per heavy atom. The van der Waals surface area contributed by atoms with Crippen LogP contribution in [-0.4, -0.2) is 9.97 Å². The lowest BCUT2D eigenvalue weighted by atomic mass is 9.96. The van der Waals surface area contributed by atoms with Gasteiger partial charge >= 0.3 is 0 Å². The molecule has 4 aromatic heterocycles. The third-order valence-corrected chi connectivity index (χ3v) is 10.3. The number of nitrogens with zero attached hydrogens (tertiary/aromatic N) is 2. The van der Waals surface area contributed by atoms with Crippen molar-refractivity contribution in [2.24, 2.45) is 0 Å². The number of pyridine rings is 2. The Morgan fingerprint density at radius 1 is 0.365 bits per heavy atom. The van der Waals surface area contributed by atoms with Gasteiger partial charge in [0.15, 0.2) is 0 Å². The van der Waals surface area contributed by atoms with Crippen molar-refractivity contribution in [3.63, 3.8) is 0 Å². The molecule has 4 heterocycles. The Hall–Kier alpha value is -7.04. The minimum absolute atomic E-state index is 0.809. The highest BCUT2D eigenvalue weighted by Gasteiger charge is 2.22. The minimum atomic E-state index is 0.809. The van der Waals surface area contributed by atoms with Gasteiger partial charge in [-0.3, -0.25) is 4.98 Å². The van der Waals surface area contributed by atoms with Crippen molar-refractivity contribution in [3.05, 3.63) is 170 Å². The molecule has 11 rings (SSSR count). The van der Waals surface area contributed by atoms with Crippen LogP contribution in [-0.2, 0) is 0 Å². The molecule has 0 spiro atoms. The van der Waals surface area contributed by atoms with Gasteiger partial charge in [-0.15, -0.1) is 0 Å². The molecule has 0 aliphatic rings. The molecule has 0 aliphatic carbocycles. The van der Waals surface area contributed by atoms with Gasteiger partial charge in [-0.25, -0.2) is 4.98 Å². The van der Waals surface area contributed by atoms with Gasteiger partial charge in [0.05, 0.1) is 22.3 Å². The molecule has 0 unspecified atom stereocenters. The summed E-state index contributed by atoms with van der Waals surface area (Å²) in [6, 6.07) is 57.2. The Labute approximate surface area is 298 Å². The topological polar surface area (TPSA) is 52.1 Å². The fourth-order valence-electron chi connectivity index (χ4n) is 7.71. The SMILES string of the molecule is c1ccc(-c2ccc3oc4c(-c5ccc(-c6ccc7ccc8cccnc8c7n6)cc5)c5oc6ccc(-c7ccccc7)cc6c5cc4c3c2)cc1. The van der Waals surface area contributed by atoms with E-state index in [-0.39, 0.29) is 0 Å². The first kappa shape index (κ1) is 28.8. The largest absolute Gasteiger partial charge is 0.455 e. The monoisotopic (exact) mass is 664 g/mol. The maximum Gasteiger partial charge on any atom is 0.147 e. The summed E-state index contributed by atoms with van der Waals surface area (Å²) >= 11 is 0. The second-order valence-corrected chi connectivity index (χ2v) is 13.3. The van der Waals surface area contributed by atoms with Crippen LogP contribution in [0.2, 0.25) is 0 Å². The van der Waals surface area contributed by atoms with Crippen molar-refractivity contribution in [2.45, 2.75) is 0 Å². The highest BCUT2D eigenvalue weighted by molar-refractivity contribution is 6.22. The number of aromatic nitrogens is 2. The van der Waals surface area contributed by atoms with E-state index in [2.05, 4.69) is 151 Å². The first-order chi connectivity index (χ1) is 25.7. The second-order valence-electron chi connectivity index (χ2n) is 13.3. The number of hydrogen-bond donors (Lipinski definition) is 0. The summed E-state index contributed by atoms with van der Waals surface area (Å²) in [5.74, 6) is 0. The Bertz CT molecular complexity index is 3030. The fraction of sp³-hybridized carbons (Fsp3) is 0. The third kappa shape index (κ3) is 4.48. The molecule has 52 heavy (non-hydrogen) atoms. The zero-order valence-corrected chi connectivity index (χ0v) is 27.9. The minimum Gasteiger partial charge on any atom is -0.455 e. The van der Waals surface area contributed by atoms with E-state index in [0.29, 0.717) is 0 Å². The van der Waals surface area contributed by atoms with Crippen LogP contribution in [0.15, 0.2) is 179 Å². The van der Waals surface area contributed by atoms with Gasteiger partial charge in [-0.05, 0) is 70.3 Å². The van der Waals surface area contributed by atoms with Crippen LogP contribution in [0.4, 0.5) is 0 Å². The lowest BCUT2D eigenvalue weighted by molar-refractivity contribution is 0.658. The molecule has 0 aliphatic heterocycles. The standard InChI is InChI=1S/C48H28N2O2/c1-3-8-29(9-4-1)35-20-23-42-37(26-35)39-28-40-38-27-36(30-10-5-2-6-11-30)21-24-43(38)52-48(40)44(47(39)51-42)32-15-13-31(14-16-32)41-22-19-34-18-17-33-12-7-25-49-45(33)46(34)50-41/h1-28H. The number of furan rings is 2. The number of rotatable bonds is 4. The summed E-state index contributed by atoms with van der Waals surface area (Å²) in [5, 5.41) is 6.42. The van der Waals surface area contributed by atoms with E-state index in [1.807, 2.05) is 24.4 Å². The van der Waals surface area contributed by atoms with Gasteiger partial charge < -0.3 is 8.83 Å². The average molecular weight is 665 g/mol. The summed E-state index contributed by atoms with van der Waals surface area (Å²) in [5.41, 5.74) is 13.6. The predicted octanol–water partition coefficient (Wildman–Crippen LogP) is 13.2. The predicted molar refractivity (Wildman–Crippen MR) is 213 cm³/mol. The molecular formula is C48H28N2O2. The highest BCUT2D eigenvalue weighted by atomic mass is 16.3. The molecule has 4 heteroatoms. The van der Waals surface area contributed by atoms with Gasteiger partial charge in [0.1, 0.15) is 22.3 Å². The molecule has 0 bridgehead atoms. The third-order valence-electron chi connectivity index (χ3n) is 10.3. The molecule has 11 aromatic rings. The maximum absolute atomic E-state index is 6.75. The van der Waals surface area contributed by atoms with Gasteiger partial charge in [-0.2, -0.15) is 0 Å². The average Bonchev–Trinajstić information content (AvgIpc) is 3.77. The summed E-state index contributed by atoms with van der Waals surface area (Å²) in [4.78, 5) is 9.75. The molecule has 0 saturated heterocycles. The van der Waals surface area contributed by atoms with E-state index < -0.39 is 0 Å². The molecule has 0 saturated carbocycles. The molecule has 0 amide bonds. The van der Waals surface area contributed by atoms with Crippen LogP contribution in [0, 0.1) is 0 Å². The molecule has 0 fully saturated rings. The second kappa shape index (κ2) is 11.2. The molecule has 0 atom stereocenters. The summed E-state index contributed by atoms with van der Waals surface area (Å²) in [7, 11) is 0. The van der Waals surface area contributed by atoms with Crippen LogP contribution in [0.3, 0.4) is 0 Å². The van der Waals surface area contributed by atoms with Crippen molar-refractivity contribution in [1.29, 1.82) is 0 Å². The van der Waals surface area contributed by atoms with Crippen molar-refractivity contribution in [2.75, 3.05) is 0 Å².